The number of carbonyl (C=O) groups excluding carboxylic acids is 1. The first-order valence-electron chi connectivity index (χ1n) is 8.67. The van der Waals surface area contributed by atoms with E-state index in [1.165, 1.54) is 24.0 Å². The highest BCUT2D eigenvalue weighted by Gasteiger charge is 2.24. The van der Waals surface area contributed by atoms with E-state index in [0.717, 1.165) is 31.9 Å². The van der Waals surface area contributed by atoms with Gasteiger partial charge in [-0.05, 0) is 37.3 Å². The molecule has 24 heavy (non-hydrogen) atoms. The summed E-state index contributed by atoms with van der Waals surface area (Å²) in [6.45, 7) is 5.30. The van der Waals surface area contributed by atoms with Gasteiger partial charge in [0.1, 0.15) is 17.3 Å². The number of anilines is 1. The Morgan fingerprint density at radius 3 is 2.58 bits per heavy atom. The minimum Gasteiger partial charge on any atom is -0.356 e. The highest BCUT2D eigenvalue weighted by Crippen LogP contribution is 2.22. The molecule has 0 radical (unpaired) electrons. The third-order valence-corrected chi connectivity index (χ3v) is 4.89. The molecular formula is C19H22N4O. The number of amides is 1. The molecule has 0 aliphatic carbocycles. The van der Waals surface area contributed by atoms with E-state index in [0.29, 0.717) is 18.1 Å². The molecule has 124 valence electrons. The summed E-state index contributed by atoms with van der Waals surface area (Å²) in [4.78, 5) is 26.0. The van der Waals surface area contributed by atoms with Crippen LogP contribution in [0, 0.1) is 6.92 Å². The van der Waals surface area contributed by atoms with Crippen molar-refractivity contribution in [2.24, 2.45) is 0 Å². The van der Waals surface area contributed by atoms with Gasteiger partial charge in [-0.2, -0.15) is 0 Å². The number of aromatic nitrogens is 2. The lowest BCUT2D eigenvalue weighted by atomic mass is 10.00. The van der Waals surface area contributed by atoms with Crippen LogP contribution in [0.2, 0.25) is 0 Å². The van der Waals surface area contributed by atoms with E-state index in [1.807, 2.05) is 24.0 Å². The Morgan fingerprint density at radius 2 is 1.79 bits per heavy atom. The van der Waals surface area contributed by atoms with Crippen molar-refractivity contribution in [2.45, 2.75) is 32.7 Å². The smallest absolute Gasteiger partial charge is 0.272 e. The Hall–Kier alpha value is -2.43. The summed E-state index contributed by atoms with van der Waals surface area (Å²) in [5, 5.41) is 0. The van der Waals surface area contributed by atoms with Crippen LogP contribution in [-0.2, 0) is 13.0 Å². The average Bonchev–Trinajstić information content (AvgIpc) is 3.15. The number of fused-ring (bicyclic) bond motifs is 1. The molecule has 2 aromatic rings. The minimum atomic E-state index is 0.00968. The molecule has 1 aromatic carbocycles. The van der Waals surface area contributed by atoms with E-state index in [4.69, 9.17) is 0 Å². The van der Waals surface area contributed by atoms with Crippen molar-refractivity contribution in [3.63, 3.8) is 0 Å². The van der Waals surface area contributed by atoms with Gasteiger partial charge in [0, 0.05) is 32.2 Å². The van der Waals surface area contributed by atoms with Crippen molar-refractivity contribution < 1.29 is 4.79 Å². The van der Waals surface area contributed by atoms with Gasteiger partial charge in [-0.3, -0.25) is 4.79 Å². The molecule has 1 fully saturated rings. The lowest BCUT2D eigenvalue weighted by Gasteiger charge is -2.29. The van der Waals surface area contributed by atoms with Crippen LogP contribution in [0.3, 0.4) is 0 Å². The van der Waals surface area contributed by atoms with Gasteiger partial charge in [-0.15, -0.1) is 0 Å². The molecule has 3 heterocycles. The molecule has 0 N–H and O–H groups in total. The Bertz CT molecular complexity index is 768. The number of nitrogens with zero attached hydrogens (tertiary/aromatic N) is 4. The number of hydrogen-bond donors (Lipinski definition) is 0. The molecule has 1 amide bonds. The van der Waals surface area contributed by atoms with Crippen LogP contribution < -0.4 is 4.90 Å². The fraction of sp³-hybridized carbons (Fsp3) is 0.421. The SMILES string of the molecule is Cc1nc(C(=O)N2CCc3ccccc3C2)cc(N2CCCC2)n1. The Kier molecular flexibility index (Phi) is 3.92. The minimum absolute atomic E-state index is 0.00968. The van der Waals surface area contributed by atoms with Gasteiger partial charge >= 0.3 is 0 Å². The highest BCUT2D eigenvalue weighted by molar-refractivity contribution is 5.93. The van der Waals surface area contributed by atoms with Crippen LogP contribution in [0.15, 0.2) is 30.3 Å². The second-order valence-electron chi connectivity index (χ2n) is 6.60. The first-order valence-corrected chi connectivity index (χ1v) is 8.67. The topological polar surface area (TPSA) is 49.3 Å². The lowest BCUT2D eigenvalue weighted by molar-refractivity contribution is 0.0728. The molecule has 0 saturated carbocycles. The zero-order valence-electron chi connectivity index (χ0n) is 14.0. The molecule has 5 nitrogen and oxygen atoms in total. The summed E-state index contributed by atoms with van der Waals surface area (Å²) in [5.41, 5.74) is 3.10. The first-order chi connectivity index (χ1) is 11.7. The lowest BCUT2D eigenvalue weighted by Crippen LogP contribution is -2.36. The molecule has 5 heteroatoms. The molecule has 2 aliphatic rings. The fourth-order valence-electron chi connectivity index (χ4n) is 3.60. The number of carbonyl (C=O) groups is 1. The quantitative estimate of drug-likeness (QED) is 0.853. The van der Waals surface area contributed by atoms with Gasteiger partial charge in [0.05, 0.1) is 0 Å². The zero-order chi connectivity index (χ0) is 16.5. The van der Waals surface area contributed by atoms with Gasteiger partial charge in [0.2, 0.25) is 0 Å². The molecule has 1 saturated heterocycles. The van der Waals surface area contributed by atoms with Crippen LogP contribution in [0.25, 0.3) is 0 Å². The number of aryl methyl sites for hydroxylation is 1. The standard InChI is InChI=1S/C19H22N4O/c1-14-20-17(12-18(21-14)22-9-4-5-10-22)19(24)23-11-8-15-6-2-3-7-16(15)13-23/h2-3,6-7,12H,4-5,8-11,13H2,1H3. The van der Waals surface area contributed by atoms with E-state index in [2.05, 4.69) is 33.1 Å². The van der Waals surface area contributed by atoms with Crippen LogP contribution >= 0.6 is 0 Å². The van der Waals surface area contributed by atoms with Crippen LogP contribution in [-0.4, -0.2) is 40.4 Å². The number of benzene rings is 1. The van der Waals surface area contributed by atoms with E-state index in [-0.39, 0.29) is 5.91 Å². The van der Waals surface area contributed by atoms with Crippen molar-refractivity contribution >= 4 is 11.7 Å². The molecule has 0 bridgehead atoms. The largest absolute Gasteiger partial charge is 0.356 e. The maximum Gasteiger partial charge on any atom is 0.272 e. The second-order valence-corrected chi connectivity index (χ2v) is 6.60. The summed E-state index contributed by atoms with van der Waals surface area (Å²) >= 11 is 0. The third kappa shape index (κ3) is 2.86. The summed E-state index contributed by atoms with van der Waals surface area (Å²) < 4.78 is 0. The van der Waals surface area contributed by atoms with E-state index in [1.54, 1.807) is 0 Å². The van der Waals surface area contributed by atoms with Crippen molar-refractivity contribution in [1.29, 1.82) is 0 Å². The van der Waals surface area contributed by atoms with E-state index in [9.17, 15) is 4.79 Å². The zero-order valence-corrected chi connectivity index (χ0v) is 14.0. The highest BCUT2D eigenvalue weighted by atomic mass is 16.2. The van der Waals surface area contributed by atoms with E-state index < -0.39 is 0 Å². The molecule has 0 spiro atoms. The van der Waals surface area contributed by atoms with E-state index >= 15 is 0 Å². The Labute approximate surface area is 142 Å². The monoisotopic (exact) mass is 322 g/mol. The molecule has 4 rings (SSSR count). The predicted molar refractivity (Wildman–Crippen MR) is 93.1 cm³/mol. The summed E-state index contributed by atoms with van der Waals surface area (Å²) in [6, 6.07) is 10.2. The maximum atomic E-state index is 12.9. The molecule has 0 unspecified atom stereocenters. The van der Waals surface area contributed by atoms with Crippen molar-refractivity contribution in [1.82, 2.24) is 14.9 Å². The average molecular weight is 322 g/mol. The van der Waals surface area contributed by atoms with Crippen LogP contribution in [0.1, 0.15) is 40.3 Å². The van der Waals surface area contributed by atoms with Crippen LogP contribution in [0.4, 0.5) is 5.82 Å². The van der Waals surface area contributed by atoms with Crippen molar-refractivity contribution in [2.75, 3.05) is 24.5 Å². The van der Waals surface area contributed by atoms with Gasteiger partial charge in [0.25, 0.3) is 5.91 Å². The molecule has 1 aromatic heterocycles. The summed E-state index contributed by atoms with van der Waals surface area (Å²) in [7, 11) is 0. The molecule has 0 atom stereocenters. The van der Waals surface area contributed by atoms with Gasteiger partial charge in [-0.25, -0.2) is 9.97 Å². The normalized spacial score (nSPS) is 17.0. The van der Waals surface area contributed by atoms with Crippen molar-refractivity contribution in [3.8, 4) is 0 Å². The second kappa shape index (κ2) is 6.23. The molecule has 2 aliphatic heterocycles. The third-order valence-electron chi connectivity index (χ3n) is 4.89. The predicted octanol–water partition coefficient (Wildman–Crippen LogP) is 2.58. The fourth-order valence-corrected chi connectivity index (χ4v) is 3.60. The summed E-state index contributed by atoms with van der Waals surface area (Å²) in [5.74, 6) is 1.57. The van der Waals surface area contributed by atoms with Gasteiger partial charge in [-0.1, -0.05) is 24.3 Å². The van der Waals surface area contributed by atoms with Gasteiger partial charge in [0.15, 0.2) is 0 Å². The Morgan fingerprint density at radius 1 is 1.04 bits per heavy atom. The van der Waals surface area contributed by atoms with Crippen molar-refractivity contribution in [3.05, 3.63) is 53.0 Å². The number of hydrogen-bond acceptors (Lipinski definition) is 4. The number of rotatable bonds is 2. The maximum absolute atomic E-state index is 12.9. The summed E-state index contributed by atoms with van der Waals surface area (Å²) in [6.07, 6.45) is 3.29. The Balaban J connectivity index is 1.58. The first kappa shape index (κ1) is 15.1. The van der Waals surface area contributed by atoms with Gasteiger partial charge < -0.3 is 9.80 Å². The molecular weight excluding hydrogens is 300 g/mol. The van der Waals surface area contributed by atoms with Crippen LogP contribution in [0.5, 0.6) is 0 Å².